The molecule has 0 bridgehead atoms. The standard InChI is InChI=1S/C14H11NO2/c1-7-4-3-5-9-11-13(15-12(7)9)10(16)6-8(2)14(11)17/h3-6,15H,1-2H3. The SMILES string of the molecule is CC1=CC(=O)c2[nH]c3c(C)cccc3c2C1=O. The lowest BCUT2D eigenvalue weighted by molar-refractivity contribution is 0.0983. The van der Waals surface area contributed by atoms with Gasteiger partial charge in [0.2, 0.25) is 5.78 Å². The molecule has 84 valence electrons. The first-order chi connectivity index (χ1) is 8.09. The van der Waals surface area contributed by atoms with Crippen molar-refractivity contribution in [3.8, 4) is 0 Å². The number of allylic oxidation sites excluding steroid dienone is 2. The molecule has 1 aromatic heterocycles. The van der Waals surface area contributed by atoms with Crippen molar-refractivity contribution in [1.29, 1.82) is 0 Å². The highest BCUT2D eigenvalue weighted by Gasteiger charge is 2.27. The Morgan fingerprint density at radius 3 is 2.65 bits per heavy atom. The molecule has 0 spiro atoms. The van der Waals surface area contributed by atoms with Crippen LogP contribution < -0.4 is 0 Å². The molecule has 1 aliphatic rings. The van der Waals surface area contributed by atoms with Gasteiger partial charge in [-0.25, -0.2) is 0 Å². The predicted molar refractivity (Wildman–Crippen MR) is 65.5 cm³/mol. The number of benzene rings is 1. The summed E-state index contributed by atoms with van der Waals surface area (Å²) in [5, 5.41) is 0.839. The largest absolute Gasteiger partial charge is 0.351 e. The van der Waals surface area contributed by atoms with E-state index in [1.165, 1.54) is 6.08 Å². The number of carbonyl (C=O) groups is 2. The summed E-state index contributed by atoms with van der Waals surface area (Å²) in [7, 11) is 0. The molecule has 0 atom stereocenters. The first-order valence-corrected chi connectivity index (χ1v) is 5.48. The van der Waals surface area contributed by atoms with Crippen LogP contribution in [0.15, 0.2) is 29.8 Å². The van der Waals surface area contributed by atoms with E-state index in [-0.39, 0.29) is 11.6 Å². The van der Waals surface area contributed by atoms with Gasteiger partial charge in [0, 0.05) is 16.5 Å². The van der Waals surface area contributed by atoms with E-state index >= 15 is 0 Å². The molecule has 0 radical (unpaired) electrons. The first kappa shape index (κ1) is 10.0. The summed E-state index contributed by atoms with van der Waals surface area (Å²) < 4.78 is 0. The minimum absolute atomic E-state index is 0.0588. The molecule has 0 fully saturated rings. The van der Waals surface area contributed by atoms with Gasteiger partial charge in [0.05, 0.1) is 11.3 Å². The second-order valence-electron chi connectivity index (χ2n) is 4.39. The highest BCUT2D eigenvalue weighted by molar-refractivity contribution is 6.28. The molecule has 1 heterocycles. The number of carbonyl (C=O) groups excluding carboxylic acids is 2. The van der Waals surface area contributed by atoms with E-state index in [2.05, 4.69) is 4.98 Å². The van der Waals surface area contributed by atoms with E-state index < -0.39 is 0 Å². The molecule has 0 amide bonds. The number of aryl methyl sites for hydroxylation is 1. The Morgan fingerprint density at radius 2 is 1.88 bits per heavy atom. The normalized spacial score (nSPS) is 15.1. The molecule has 0 unspecified atom stereocenters. The van der Waals surface area contributed by atoms with Gasteiger partial charge >= 0.3 is 0 Å². The van der Waals surface area contributed by atoms with Crippen LogP contribution in [-0.4, -0.2) is 16.6 Å². The smallest absolute Gasteiger partial charge is 0.203 e. The molecule has 1 aliphatic carbocycles. The predicted octanol–water partition coefficient (Wildman–Crippen LogP) is 2.80. The van der Waals surface area contributed by atoms with Gasteiger partial charge in [-0.15, -0.1) is 0 Å². The van der Waals surface area contributed by atoms with Crippen molar-refractivity contribution in [2.45, 2.75) is 13.8 Å². The van der Waals surface area contributed by atoms with E-state index in [4.69, 9.17) is 0 Å². The number of fused-ring (bicyclic) bond motifs is 3. The Hall–Kier alpha value is -2.16. The van der Waals surface area contributed by atoms with Crippen LogP contribution >= 0.6 is 0 Å². The Kier molecular flexibility index (Phi) is 1.87. The molecule has 1 N–H and O–H groups in total. The van der Waals surface area contributed by atoms with E-state index in [1.54, 1.807) is 6.92 Å². The number of ketones is 2. The van der Waals surface area contributed by atoms with Crippen molar-refractivity contribution in [3.63, 3.8) is 0 Å². The van der Waals surface area contributed by atoms with Crippen molar-refractivity contribution in [2.75, 3.05) is 0 Å². The number of aromatic nitrogens is 1. The maximum Gasteiger partial charge on any atom is 0.203 e. The molecular formula is C14H11NO2. The minimum atomic E-state index is -0.118. The van der Waals surface area contributed by atoms with Crippen molar-refractivity contribution in [1.82, 2.24) is 4.98 Å². The molecule has 0 saturated carbocycles. The van der Waals surface area contributed by atoms with Crippen LogP contribution in [0.4, 0.5) is 0 Å². The van der Waals surface area contributed by atoms with Gasteiger partial charge in [-0.2, -0.15) is 0 Å². The second kappa shape index (κ2) is 3.17. The maximum absolute atomic E-state index is 12.1. The third kappa shape index (κ3) is 1.22. The van der Waals surface area contributed by atoms with E-state index in [0.717, 1.165) is 16.5 Å². The Labute approximate surface area is 98.1 Å². The lowest BCUT2D eigenvalue weighted by Gasteiger charge is -2.07. The van der Waals surface area contributed by atoms with Gasteiger partial charge in [-0.1, -0.05) is 18.2 Å². The summed E-state index contributed by atoms with van der Waals surface area (Å²) in [6.07, 6.45) is 1.40. The van der Waals surface area contributed by atoms with Gasteiger partial charge in [-0.05, 0) is 25.5 Å². The summed E-state index contributed by atoms with van der Waals surface area (Å²) in [5.41, 5.74) is 3.36. The molecule has 3 heteroatoms. The summed E-state index contributed by atoms with van der Waals surface area (Å²) in [4.78, 5) is 27.0. The van der Waals surface area contributed by atoms with E-state index in [9.17, 15) is 9.59 Å². The number of hydrogen-bond acceptors (Lipinski definition) is 2. The van der Waals surface area contributed by atoms with Crippen LogP contribution in [0.25, 0.3) is 10.9 Å². The zero-order valence-electron chi connectivity index (χ0n) is 9.63. The lowest BCUT2D eigenvalue weighted by Crippen LogP contribution is -2.14. The molecule has 0 aliphatic heterocycles. The zero-order chi connectivity index (χ0) is 12.2. The molecule has 0 saturated heterocycles. The Morgan fingerprint density at radius 1 is 1.12 bits per heavy atom. The highest BCUT2D eigenvalue weighted by Crippen LogP contribution is 2.30. The molecule has 17 heavy (non-hydrogen) atoms. The summed E-state index contributed by atoms with van der Waals surface area (Å²) in [5.74, 6) is -0.177. The van der Waals surface area contributed by atoms with Crippen molar-refractivity contribution in [3.05, 3.63) is 46.7 Å². The van der Waals surface area contributed by atoms with Gasteiger partial charge < -0.3 is 4.98 Å². The van der Waals surface area contributed by atoms with Crippen LogP contribution in [0.5, 0.6) is 0 Å². The molecule has 2 aromatic rings. The number of Topliss-reactive ketones (excluding diaryl/α,β-unsaturated/α-hetero) is 1. The Balaban J connectivity index is 2.46. The minimum Gasteiger partial charge on any atom is -0.351 e. The topological polar surface area (TPSA) is 49.9 Å². The highest BCUT2D eigenvalue weighted by atomic mass is 16.1. The van der Waals surface area contributed by atoms with Gasteiger partial charge in [0.15, 0.2) is 5.78 Å². The Bertz CT molecular complexity index is 704. The second-order valence-corrected chi connectivity index (χ2v) is 4.39. The first-order valence-electron chi connectivity index (χ1n) is 5.48. The average Bonchev–Trinajstić information content (AvgIpc) is 2.68. The number of H-pyrrole nitrogens is 1. The van der Waals surface area contributed by atoms with Crippen molar-refractivity contribution < 1.29 is 9.59 Å². The van der Waals surface area contributed by atoms with Crippen LogP contribution in [0.1, 0.15) is 33.3 Å². The average molecular weight is 225 g/mol. The van der Waals surface area contributed by atoms with Crippen molar-refractivity contribution in [2.24, 2.45) is 0 Å². The molecular weight excluding hydrogens is 214 g/mol. The summed E-state index contributed by atoms with van der Waals surface area (Å²) >= 11 is 0. The number of rotatable bonds is 0. The number of hydrogen-bond donors (Lipinski definition) is 1. The van der Waals surface area contributed by atoms with Crippen LogP contribution in [0, 0.1) is 6.92 Å². The number of para-hydroxylation sites is 1. The van der Waals surface area contributed by atoms with Crippen LogP contribution in [0.3, 0.4) is 0 Å². The third-order valence-electron chi connectivity index (χ3n) is 3.22. The summed E-state index contributed by atoms with van der Waals surface area (Å²) in [6.45, 7) is 3.64. The zero-order valence-corrected chi connectivity index (χ0v) is 9.63. The number of aromatic amines is 1. The van der Waals surface area contributed by atoms with Crippen LogP contribution in [-0.2, 0) is 0 Å². The molecule has 3 rings (SSSR count). The monoisotopic (exact) mass is 225 g/mol. The van der Waals surface area contributed by atoms with Gasteiger partial charge in [-0.3, -0.25) is 9.59 Å². The number of nitrogens with one attached hydrogen (secondary N) is 1. The van der Waals surface area contributed by atoms with Gasteiger partial charge in [0.1, 0.15) is 0 Å². The fourth-order valence-corrected chi connectivity index (χ4v) is 2.32. The van der Waals surface area contributed by atoms with Crippen molar-refractivity contribution >= 4 is 22.5 Å². The quantitative estimate of drug-likeness (QED) is 0.749. The maximum atomic E-state index is 12.1. The lowest BCUT2D eigenvalue weighted by atomic mass is 9.93. The van der Waals surface area contributed by atoms with Gasteiger partial charge in [0.25, 0.3) is 0 Å². The third-order valence-corrected chi connectivity index (χ3v) is 3.22. The summed E-state index contributed by atoms with van der Waals surface area (Å²) in [6, 6.07) is 5.73. The van der Waals surface area contributed by atoms with Crippen LogP contribution in [0.2, 0.25) is 0 Å². The van der Waals surface area contributed by atoms with E-state index in [1.807, 2.05) is 25.1 Å². The fourth-order valence-electron chi connectivity index (χ4n) is 2.32. The molecule has 3 nitrogen and oxygen atoms in total. The molecule has 1 aromatic carbocycles. The fraction of sp³-hybridized carbons (Fsp3) is 0.143. The van der Waals surface area contributed by atoms with E-state index in [0.29, 0.717) is 16.8 Å².